The Kier molecular flexibility index (Phi) is 7.76. The molecule has 0 aliphatic heterocycles. The highest BCUT2D eigenvalue weighted by Crippen LogP contribution is 2.51. The molecule has 0 unspecified atom stereocenters. The van der Waals surface area contributed by atoms with Gasteiger partial charge >= 0.3 is 0 Å². The summed E-state index contributed by atoms with van der Waals surface area (Å²) in [6, 6.07) is 74.0. The van der Waals surface area contributed by atoms with E-state index in [1.807, 2.05) is 0 Å². The number of para-hydroxylation sites is 4. The van der Waals surface area contributed by atoms with Gasteiger partial charge in [-0.15, -0.1) is 0 Å². The first-order valence-corrected chi connectivity index (χ1v) is 21.5. The SMILES string of the molecule is CC1(C)c2cc(Br)ccc2-c2ccc(-c3cc(-c4ccc5c(c4)c4ccccc4n5-c4ccccc4)cc(-c4ccc5c(c4)c4ccccc4n5-c4ccccc4)c3)cc21. The van der Waals surface area contributed by atoms with Crippen LogP contribution in [0, 0.1) is 0 Å². The number of aromatic nitrogens is 2. The van der Waals surface area contributed by atoms with E-state index in [0.717, 1.165) is 4.47 Å². The van der Waals surface area contributed by atoms with Gasteiger partial charge in [-0.25, -0.2) is 0 Å². The van der Waals surface area contributed by atoms with Gasteiger partial charge in [-0.1, -0.05) is 133 Å². The number of fused-ring (bicyclic) bond motifs is 9. The van der Waals surface area contributed by atoms with Crippen LogP contribution in [0.2, 0.25) is 0 Å². The Hall–Kier alpha value is -6.94. The third-order valence-electron chi connectivity index (χ3n) is 12.9. The van der Waals surface area contributed by atoms with Crippen LogP contribution in [0.25, 0.3) is 99.5 Å². The molecular weight excluding hydrogens is 793 g/mol. The van der Waals surface area contributed by atoms with E-state index < -0.39 is 0 Å². The minimum atomic E-state index is -0.124. The zero-order chi connectivity index (χ0) is 40.1. The molecule has 3 heteroatoms. The molecule has 2 nitrogen and oxygen atoms in total. The first-order chi connectivity index (χ1) is 29.4. The molecule has 12 rings (SSSR count). The van der Waals surface area contributed by atoms with E-state index >= 15 is 0 Å². The molecule has 1 aliphatic carbocycles. The lowest BCUT2D eigenvalue weighted by Gasteiger charge is -2.22. The first kappa shape index (κ1) is 35.0. The van der Waals surface area contributed by atoms with Crippen LogP contribution in [0.15, 0.2) is 205 Å². The summed E-state index contributed by atoms with van der Waals surface area (Å²) >= 11 is 3.75. The largest absolute Gasteiger partial charge is 0.309 e. The van der Waals surface area contributed by atoms with Crippen LogP contribution >= 0.6 is 15.9 Å². The zero-order valence-corrected chi connectivity index (χ0v) is 34.9. The third kappa shape index (κ3) is 5.32. The molecule has 0 saturated carbocycles. The van der Waals surface area contributed by atoms with E-state index in [1.165, 1.54) is 111 Å². The van der Waals surface area contributed by atoms with Crippen molar-refractivity contribution in [2.75, 3.05) is 0 Å². The second-order valence-electron chi connectivity index (χ2n) is 16.7. The Bertz CT molecular complexity index is 3340. The lowest BCUT2D eigenvalue weighted by atomic mass is 9.81. The molecule has 0 bridgehead atoms. The van der Waals surface area contributed by atoms with Crippen molar-refractivity contribution in [3.63, 3.8) is 0 Å². The fourth-order valence-corrected chi connectivity index (χ4v) is 10.4. The minimum absolute atomic E-state index is 0.124. The molecule has 60 heavy (non-hydrogen) atoms. The molecule has 0 radical (unpaired) electrons. The Labute approximate surface area is 357 Å². The van der Waals surface area contributed by atoms with Gasteiger partial charge in [0.25, 0.3) is 0 Å². The highest BCUT2D eigenvalue weighted by Gasteiger charge is 2.35. The minimum Gasteiger partial charge on any atom is -0.309 e. The maximum Gasteiger partial charge on any atom is 0.0541 e. The number of nitrogens with zero attached hydrogens (tertiary/aromatic N) is 2. The summed E-state index contributed by atoms with van der Waals surface area (Å²) in [4.78, 5) is 0. The maximum atomic E-state index is 3.75. The standard InChI is InChI=1S/C57H39BrN2/c1-57(2)51-34-38(21-25-45(51)46-26-24-42(58)35-52(46)57)41-30-39(36-22-27-55-49(32-36)47-17-9-11-19-53(47)59(55)43-13-5-3-6-14-43)29-40(31-41)37-23-28-56-50(33-37)48-18-10-12-20-54(48)60(56)44-15-7-4-8-16-44/h3-35H,1-2H3. The first-order valence-electron chi connectivity index (χ1n) is 20.7. The Balaban J connectivity index is 1.07. The van der Waals surface area contributed by atoms with Gasteiger partial charge in [0, 0.05) is 42.8 Å². The smallest absolute Gasteiger partial charge is 0.0541 e. The number of halogens is 1. The van der Waals surface area contributed by atoms with E-state index in [9.17, 15) is 0 Å². The quantitative estimate of drug-likeness (QED) is 0.164. The zero-order valence-electron chi connectivity index (χ0n) is 33.3. The maximum absolute atomic E-state index is 3.75. The van der Waals surface area contributed by atoms with Crippen molar-refractivity contribution in [3.8, 4) is 55.9 Å². The van der Waals surface area contributed by atoms with Crippen molar-refractivity contribution in [1.29, 1.82) is 0 Å². The van der Waals surface area contributed by atoms with Crippen LogP contribution in [-0.2, 0) is 5.41 Å². The molecule has 2 aromatic heterocycles. The third-order valence-corrected chi connectivity index (χ3v) is 13.4. The summed E-state index contributed by atoms with van der Waals surface area (Å²) in [6.07, 6.45) is 0. The molecular formula is C57H39BrN2. The van der Waals surface area contributed by atoms with E-state index in [1.54, 1.807) is 0 Å². The summed E-state index contributed by atoms with van der Waals surface area (Å²) in [5, 5.41) is 5.00. The second kappa shape index (κ2) is 13.3. The van der Waals surface area contributed by atoms with Gasteiger partial charge in [0.05, 0.1) is 22.1 Å². The van der Waals surface area contributed by atoms with E-state index in [2.05, 4.69) is 239 Å². The predicted molar refractivity (Wildman–Crippen MR) is 257 cm³/mol. The van der Waals surface area contributed by atoms with Crippen molar-refractivity contribution >= 4 is 59.5 Å². The van der Waals surface area contributed by atoms with Crippen LogP contribution in [0.5, 0.6) is 0 Å². The molecule has 284 valence electrons. The number of benzene rings is 9. The van der Waals surface area contributed by atoms with Gasteiger partial charge in [0.15, 0.2) is 0 Å². The van der Waals surface area contributed by atoms with Crippen molar-refractivity contribution in [2.24, 2.45) is 0 Å². The van der Waals surface area contributed by atoms with E-state index in [-0.39, 0.29) is 5.41 Å². The summed E-state index contributed by atoms with van der Waals surface area (Å²) in [7, 11) is 0. The average Bonchev–Trinajstić information content (AvgIpc) is 3.89. The summed E-state index contributed by atoms with van der Waals surface area (Å²) in [5.74, 6) is 0. The molecule has 0 spiro atoms. The highest BCUT2D eigenvalue weighted by molar-refractivity contribution is 9.10. The Morgan fingerprint density at radius 2 is 0.733 bits per heavy atom. The van der Waals surface area contributed by atoms with Crippen LogP contribution < -0.4 is 0 Å². The molecule has 0 N–H and O–H groups in total. The lowest BCUT2D eigenvalue weighted by Crippen LogP contribution is -2.15. The average molecular weight is 832 g/mol. The Morgan fingerprint density at radius 1 is 0.333 bits per heavy atom. The number of hydrogen-bond acceptors (Lipinski definition) is 0. The van der Waals surface area contributed by atoms with Crippen LogP contribution in [-0.4, -0.2) is 9.13 Å². The van der Waals surface area contributed by atoms with Crippen molar-refractivity contribution < 1.29 is 0 Å². The predicted octanol–water partition coefficient (Wildman–Crippen LogP) is 16.0. The molecule has 1 aliphatic rings. The van der Waals surface area contributed by atoms with Crippen molar-refractivity contribution in [2.45, 2.75) is 19.3 Å². The van der Waals surface area contributed by atoms with E-state index in [4.69, 9.17) is 0 Å². The highest BCUT2D eigenvalue weighted by atomic mass is 79.9. The molecule has 0 amide bonds. The monoisotopic (exact) mass is 830 g/mol. The number of hydrogen-bond donors (Lipinski definition) is 0. The topological polar surface area (TPSA) is 9.86 Å². The molecule has 2 heterocycles. The molecule has 0 saturated heterocycles. The lowest BCUT2D eigenvalue weighted by molar-refractivity contribution is 0.660. The molecule has 11 aromatic rings. The van der Waals surface area contributed by atoms with Gasteiger partial charge < -0.3 is 9.13 Å². The van der Waals surface area contributed by atoms with Crippen LogP contribution in [0.1, 0.15) is 25.0 Å². The summed E-state index contributed by atoms with van der Waals surface area (Å²) in [6.45, 7) is 4.72. The molecule has 0 fully saturated rings. The summed E-state index contributed by atoms with van der Waals surface area (Å²) in [5.41, 5.74) is 19.6. The van der Waals surface area contributed by atoms with Gasteiger partial charge in [0.2, 0.25) is 0 Å². The van der Waals surface area contributed by atoms with Crippen LogP contribution in [0.3, 0.4) is 0 Å². The van der Waals surface area contributed by atoms with Gasteiger partial charge in [-0.05, 0) is 153 Å². The van der Waals surface area contributed by atoms with Crippen molar-refractivity contribution in [3.05, 3.63) is 216 Å². The van der Waals surface area contributed by atoms with E-state index in [0.29, 0.717) is 0 Å². The normalized spacial score (nSPS) is 13.1. The molecule has 0 atom stereocenters. The Morgan fingerprint density at radius 3 is 1.25 bits per heavy atom. The fraction of sp³-hybridized carbons (Fsp3) is 0.0526. The number of rotatable bonds is 5. The van der Waals surface area contributed by atoms with Crippen LogP contribution in [0.4, 0.5) is 0 Å². The summed E-state index contributed by atoms with van der Waals surface area (Å²) < 4.78 is 5.90. The second-order valence-corrected chi connectivity index (χ2v) is 17.6. The van der Waals surface area contributed by atoms with Crippen molar-refractivity contribution in [1.82, 2.24) is 9.13 Å². The molecule has 9 aromatic carbocycles. The van der Waals surface area contributed by atoms with Gasteiger partial charge in [-0.3, -0.25) is 0 Å². The van der Waals surface area contributed by atoms with Gasteiger partial charge in [0.1, 0.15) is 0 Å². The fourth-order valence-electron chi connectivity index (χ4n) is 10.0. The van der Waals surface area contributed by atoms with Gasteiger partial charge in [-0.2, -0.15) is 0 Å².